The first kappa shape index (κ1) is 15.9. The first-order chi connectivity index (χ1) is 13.2. The molecule has 27 heavy (non-hydrogen) atoms. The minimum absolute atomic E-state index is 0.0234. The molecule has 2 aliphatic rings. The van der Waals surface area contributed by atoms with Crippen molar-refractivity contribution < 1.29 is 14.0 Å². The van der Waals surface area contributed by atoms with E-state index in [0.29, 0.717) is 31.1 Å². The molecule has 3 aromatic rings. The van der Waals surface area contributed by atoms with Crippen LogP contribution in [0, 0.1) is 0 Å². The van der Waals surface area contributed by atoms with Gasteiger partial charge < -0.3 is 18.8 Å². The van der Waals surface area contributed by atoms with E-state index in [1.165, 1.54) is 6.26 Å². The highest BCUT2D eigenvalue weighted by atomic mass is 16.3. The number of hydrogen-bond acceptors (Lipinski definition) is 4. The Morgan fingerprint density at radius 1 is 1.11 bits per heavy atom. The number of rotatable bonds is 3. The van der Waals surface area contributed by atoms with Gasteiger partial charge in [0.1, 0.15) is 5.69 Å². The van der Waals surface area contributed by atoms with Gasteiger partial charge in [0.2, 0.25) is 0 Å². The summed E-state index contributed by atoms with van der Waals surface area (Å²) in [7, 11) is 0. The average molecular weight is 362 g/mol. The standard InChI is InChI=1S/C20H18N4O3/c25-19-15-6-3-9-23(15)16-12-22(20(26)18-7-4-10-27-18)13-17(16)24(19)11-14-5-1-2-8-21-14/h1-10,16-17H,11-13H2/t16-,17+/m0/s1. The highest BCUT2D eigenvalue weighted by Crippen LogP contribution is 2.35. The summed E-state index contributed by atoms with van der Waals surface area (Å²) in [5.41, 5.74) is 1.49. The van der Waals surface area contributed by atoms with Gasteiger partial charge in [0.25, 0.3) is 11.8 Å². The summed E-state index contributed by atoms with van der Waals surface area (Å²) in [6, 6.07) is 12.7. The average Bonchev–Trinajstić information content (AvgIpc) is 3.45. The van der Waals surface area contributed by atoms with Crippen LogP contribution in [-0.4, -0.2) is 50.3 Å². The smallest absolute Gasteiger partial charge is 0.289 e. The van der Waals surface area contributed by atoms with Crippen molar-refractivity contribution in [3.63, 3.8) is 0 Å². The number of aromatic nitrogens is 2. The Kier molecular flexibility index (Phi) is 3.60. The zero-order valence-electron chi connectivity index (χ0n) is 14.6. The Morgan fingerprint density at radius 2 is 2.00 bits per heavy atom. The van der Waals surface area contributed by atoms with Gasteiger partial charge in [-0.2, -0.15) is 0 Å². The first-order valence-corrected chi connectivity index (χ1v) is 8.93. The predicted octanol–water partition coefficient (Wildman–Crippen LogP) is 2.20. The van der Waals surface area contributed by atoms with Crippen molar-refractivity contribution in [3.05, 3.63) is 78.3 Å². The van der Waals surface area contributed by atoms with Crippen molar-refractivity contribution in [1.82, 2.24) is 19.4 Å². The second-order valence-electron chi connectivity index (χ2n) is 6.88. The van der Waals surface area contributed by atoms with Gasteiger partial charge in [-0.3, -0.25) is 14.6 Å². The van der Waals surface area contributed by atoms with Crippen LogP contribution in [0.3, 0.4) is 0 Å². The third-order valence-electron chi connectivity index (χ3n) is 5.35. The maximum atomic E-state index is 13.1. The van der Waals surface area contributed by atoms with Crippen LogP contribution in [0.25, 0.3) is 0 Å². The van der Waals surface area contributed by atoms with Gasteiger partial charge in [-0.05, 0) is 36.4 Å². The molecule has 0 radical (unpaired) electrons. The van der Waals surface area contributed by atoms with Gasteiger partial charge in [-0.1, -0.05) is 6.07 Å². The van der Waals surface area contributed by atoms with Crippen LogP contribution in [0.5, 0.6) is 0 Å². The molecular weight excluding hydrogens is 344 g/mol. The highest BCUT2D eigenvalue weighted by Gasteiger charge is 2.46. The van der Waals surface area contributed by atoms with Crippen LogP contribution < -0.4 is 0 Å². The van der Waals surface area contributed by atoms with Gasteiger partial charge in [-0.15, -0.1) is 0 Å². The van der Waals surface area contributed by atoms with Crippen LogP contribution in [0.15, 0.2) is 65.5 Å². The molecule has 1 saturated heterocycles. The zero-order valence-corrected chi connectivity index (χ0v) is 14.6. The molecule has 0 bridgehead atoms. The molecule has 7 heteroatoms. The second kappa shape index (κ2) is 6.12. The Morgan fingerprint density at radius 3 is 2.78 bits per heavy atom. The quantitative estimate of drug-likeness (QED) is 0.716. The molecule has 1 fully saturated rings. The van der Waals surface area contributed by atoms with E-state index < -0.39 is 0 Å². The van der Waals surface area contributed by atoms with Gasteiger partial charge in [0, 0.05) is 25.5 Å². The maximum absolute atomic E-state index is 13.1. The van der Waals surface area contributed by atoms with E-state index in [9.17, 15) is 9.59 Å². The van der Waals surface area contributed by atoms with Crippen molar-refractivity contribution in [2.75, 3.05) is 13.1 Å². The van der Waals surface area contributed by atoms with Crippen LogP contribution in [-0.2, 0) is 6.54 Å². The molecule has 2 amide bonds. The molecule has 0 saturated carbocycles. The van der Waals surface area contributed by atoms with E-state index in [4.69, 9.17) is 4.42 Å². The van der Waals surface area contributed by atoms with Crippen LogP contribution >= 0.6 is 0 Å². The third-order valence-corrected chi connectivity index (χ3v) is 5.35. The molecule has 7 nitrogen and oxygen atoms in total. The Bertz CT molecular complexity index is 980. The van der Waals surface area contributed by atoms with Crippen molar-refractivity contribution in [3.8, 4) is 0 Å². The Labute approximate surface area is 155 Å². The fourth-order valence-electron chi connectivity index (χ4n) is 4.09. The molecule has 5 rings (SSSR count). The SMILES string of the molecule is O=C(c1ccco1)N1C[C@@H]2[C@H](C1)n1cccc1C(=O)N2Cc1ccccn1. The minimum atomic E-state index is -0.145. The van der Waals surface area contributed by atoms with E-state index in [0.717, 1.165) is 5.69 Å². The number of pyridine rings is 1. The zero-order chi connectivity index (χ0) is 18.4. The van der Waals surface area contributed by atoms with E-state index in [1.807, 2.05) is 46.0 Å². The summed E-state index contributed by atoms with van der Waals surface area (Å²) < 4.78 is 7.27. The molecule has 2 aliphatic heterocycles. The van der Waals surface area contributed by atoms with Crippen LogP contribution in [0.4, 0.5) is 0 Å². The Hall–Kier alpha value is -3.35. The molecule has 3 aromatic heterocycles. The third kappa shape index (κ3) is 2.54. The molecule has 0 spiro atoms. The molecular formula is C20H18N4O3. The number of nitrogens with zero attached hydrogens (tertiary/aromatic N) is 4. The molecule has 2 atom stereocenters. The van der Waals surface area contributed by atoms with Crippen molar-refractivity contribution in [2.45, 2.75) is 18.6 Å². The predicted molar refractivity (Wildman–Crippen MR) is 96.0 cm³/mol. The summed E-state index contributed by atoms with van der Waals surface area (Å²) >= 11 is 0. The molecule has 5 heterocycles. The van der Waals surface area contributed by atoms with Crippen molar-refractivity contribution >= 4 is 11.8 Å². The summed E-state index contributed by atoms with van der Waals surface area (Å²) in [6.07, 6.45) is 5.15. The number of carbonyl (C=O) groups excluding carboxylic acids is 2. The summed E-state index contributed by atoms with van der Waals surface area (Å²) in [4.78, 5) is 33.8. The lowest BCUT2D eigenvalue weighted by molar-refractivity contribution is 0.0546. The van der Waals surface area contributed by atoms with Gasteiger partial charge in [0.15, 0.2) is 5.76 Å². The number of amides is 2. The van der Waals surface area contributed by atoms with Gasteiger partial charge in [0.05, 0.1) is 30.6 Å². The number of furan rings is 1. The number of likely N-dealkylation sites (tertiary alicyclic amines) is 1. The van der Waals surface area contributed by atoms with E-state index in [2.05, 4.69) is 4.98 Å². The fraction of sp³-hybridized carbons (Fsp3) is 0.250. The lowest BCUT2D eigenvalue weighted by atomic mass is 10.1. The largest absolute Gasteiger partial charge is 0.459 e. The monoisotopic (exact) mass is 362 g/mol. The lowest BCUT2D eigenvalue weighted by Crippen LogP contribution is -2.50. The molecule has 136 valence electrons. The lowest BCUT2D eigenvalue weighted by Gasteiger charge is -2.37. The summed E-state index contributed by atoms with van der Waals surface area (Å²) in [5, 5.41) is 0. The van der Waals surface area contributed by atoms with Crippen molar-refractivity contribution in [1.29, 1.82) is 0 Å². The van der Waals surface area contributed by atoms with Crippen molar-refractivity contribution in [2.24, 2.45) is 0 Å². The molecule has 0 unspecified atom stereocenters. The second-order valence-corrected chi connectivity index (χ2v) is 6.88. The van der Waals surface area contributed by atoms with E-state index in [-0.39, 0.29) is 23.9 Å². The van der Waals surface area contributed by atoms with Gasteiger partial charge >= 0.3 is 0 Å². The maximum Gasteiger partial charge on any atom is 0.289 e. The number of fused-ring (bicyclic) bond motifs is 3. The minimum Gasteiger partial charge on any atom is -0.459 e. The molecule has 0 aromatic carbocycles. The fourth-order valence-corrected chi connectivity index (χ4v) is 4.09. The highest BCUT2D eigenvalue weighted by molar-refractivity contribution is 5.95. The van der Waals surface area contributed by atoms with E-state index in [1.54, 1.807) is 23.2 Å². The normalized spacial score (nSPS) is 21.3. The van der Waals surface area contributed by atoms with E-state index >= 15 is 0 Å². The summed E-state index contributed by atoms with van der Waals surface area (Å²) in [6.45, 7) is 1.44. The number of hydrogen-bond donors (Lipinski definition) is 0. The molecule has 0 aliphatic carbocycles. The number of carbonyl (C=O) groups is 2. The van der Waals surface area contributed by atoms with Gasteiger partial charge in [-0.25, -0.2) is 0 Å². The first-order valence-electron chi connectivity index (χ1n) is 8.93. The van der Waals surface area contributed by atoms with Crippen LogP contribution in [0.2, 0.25) is 0 Å². The molecule has 0 N–H and O–H groups in total. The Balaban J connectivity index is 1.48. The van der Waals surface area contributed by atoms with Crippen LogP contribution in [0.1, 0.15) is 32.8 Å². The summed E-state index contributed by atoms with van der Waals surface area (Å²) in [5.74, 6) is 0.150. The topological polar surface area (TPSA) is 71.6 Å².